The number of rotatable bonds is 5. The van der Waals surface area contributed by atoms with Gasteiger partial charge in [0.05, 0.1) is 6.10 Å². The first-order chi connectivity index (χ1) is 9.13. The number of ether oxygens (including phenoxy) is 1. The molecule has 1 fully saturated rings. The van der Waals surface area contributed by atoms with Crippen LogP contribution in [0.15, 0.2) is 24.3 Å². The average molecular weight is 262 g/mol. The van der Waals surface area contributed by atoms with Crippen LogP contribution in [0.4, 0.5) is 0 Å². The molecule has 0 radical (unpaired) electrons. The highest BCUT2D eigenvalue weighted by Crippen LogP contribution is 2.19. The van der Waals surface area contributed by atoms with Crippen molar-refractivity contribution in [3.63, 3.8) is 0 Å². The van der Waals surface area contributed by atoms with Gasteiger partial charge in [-0.2, -0.15) is 0 Å². The van der Waals surface area contributed by atoms with Crippen LogP contribution in [0.2, 0.25) is 0 Å². The molecule has 0 aliphatic heterocycles. The monoisotopic (exact) mass is 262 g/mol. The van der Waals surface area contributed by atoms with E-state index in [4.69, 9.17) is 10.5 Å². The second-order valence-electron chi connectivity index (χ2n) is 5.81. The summed E-state index contributed by atoms with van der Waals surface area (Å²) in [6.07, 6.45) is 4.91. The third kappa shape index (κ3) is 4.84. The summed E-state index contributed by atoms with van der Waals surface area (Å²) < 4.78 is 5.72. The van der Waals surface area contributed by atoms with Crippen molar-refractivity contribution >= 4 is 0 Å². The Labute approximate surface area is 116 Å². The van der Waals surface area contributed by atoms with Crippen LogP contribution in [-0.4, -0.2) is 18.2 Å². The fourth-order valence-electron chi connectivity index (χ4n) is 2.59. The van der Waals surface area contributed by atoms with Crippen molar-refractivity contribution < 1.29 is 4.74 Å². The van der Waals surface area contributed by atoms with Crippen molar-refractivity contribution in [2.24, 2.45) is 5.73 Å². The van der Waals surface area contributed by atoms with Crippen LogP contribution < -0.4 is 15.8 Å². The predicted octanol–water partition coefficient (Wildman–Crippen LogP) is 2.83. The molecule has 0 saturated heterocycles. The van der Waals surface area contributed by atoms with Gasteiger partial charge in [-0.05, 0) is 57.2 Å². The van der Waals surface area contributed by atoms with E-state index in [0.717, 1.165) is 25.1 Å². The normalized spacial score (nSPS) is 23.6. The van der Waals surface area contributed by atoms with E-state index >= 15 is 0 Å². The van der Waals surface area contributed by atoms with E-state index in [1.807, 2.05) is 6.07 Å². The summed E-state index contributed by atoms with van der Waals surface area (Å²) in [4.78, 5) is 0. The van der Waals surface area contributed by atoms with Crippen LogP contribution in [0.5, 0.6) is 5.75 Å². The second kappa shape index (κ2) is 6.92. The summed E-state index contributed by atoms with van der Waals surface area (Å²) in [6, 6.07) is 9.39. The largest absolute Gasteiger partial charge is 0.491 e. The molecule has 0 spiro atoms. The van der Waals surface area contributed by atoms with Crippen LogP contribution in [0, 0.1) is 0 Å². The van der Waals surface area contributed by atoms with Crippen LogP contribution in [0.3, 0.4) is 0 Å². The molecule has 3 heteroatoms. The van der Waals surface area contributed by atoms with E-state index in [2.05, 4.69) is 37.4 Å². The molecule has 1 aliphatic rings. The lowest BCUT2D eigenvalue weighted by Gasteiger charge is -2.27. The molecule has 0 bridgehead atoms. The molecule has 0 atom stereocenters. The first-order valence-corrected chi connectivity index (χ1v) is 7.38. The van der Waals surface area contributed by atoms with E-state index in [0.29, 0.717) is 12.1 Å². The van der Waals surface area contributed by atoms with Gasteiger partial charge < -0.3 is 15.8 Å². The Morgan fingerprint density at radius 2 is 2.00 bits per heavy atom. The maximum absolute atomic E-state index is 5.93. The van der Waals surface area contributed by atoms with E-state index in [9.17, 15) is 0 Å². The molecule has 1 aromatic rings. The molecule has 0 amide bonds. The summed E-state index contributed by atoms with van der Waals surface area (Å²) in [5.41, 5.74) is 7.21. The van der Waals surface area contributed by atoms with Crippen LogP contribution in [-0.2, 0) is 6.54 Å². The molecule has 1 saturated carbocycles. The second-order valence-corrected chi connectivity index (χ2v) is 5.81. The van der Waals surface area contributed by atoms with Crippen molar-refractivity contribution in [3.05, 3.63) is 29.8 Å². The maximum Gasteiger partial charge on any atom is 0.120 e. The summed E-state index contributed by atoms with van der Waals surface area (Å²) >= 11 is 0. The molecule has 0 heterocycles. The molecule has 106 valence electrons. The highest BCUT2D eigenvalue weighted by atomic mass is 16.5. The zero-order valence-electron chi connectivity index (χ0n) is 12.1. The van der Waals surface area contributed by atoms with Gasteiger partial charge in [0, 0.05) is 18.6 Å². The van der Waals surface area contributed by atoms with Gasteiger partial charge in [-0.3, -0.25) is 0 Å². The van der Waals surface area contributed by atoms with E-state index in [1.165, 1.54) is 18.4 Å². The zero-order chi connectivity index (χ0) is 13.7. The first kappa shape index (κ1) is 14.4. The van der Waals surface area contributed by atoms with Crippen molar-refractivity contribution in [1.82, 2.24) is 5.32 Å². The molecule has 3 nitrogen and oxygen atoms in total. The third-order valence-electron chi connectivity index (χ3n) is 3.64. The number of hydrogen-bond donors (Lipinski definition) is 2. The van der Waals surface area contributed by atoms with Gasteiger partial charge in [0.2, 0.25) is 0 Å². The maximum atomic E-state index is 5.93. The molecule has 19 heavy (non-hydrogen) atoms. The summed E-state index contributed by atoms with van der Waals surface area (Å²) in [5, 5.41) is 3.63. The van der Waals surface area contributed by atoms with E-state index in [1.54, 1.807) is 0 Å². The first-order valence-electron chi connectivity index (χ1n) is 7.38. The van der Waals surface area contributed by atoms with Crippen molar-refractivity contribution in [1.29, 1.82) is 0 Å². The number of nitrogens with two attached hydrogens (primary N) is 1. The molecular formula is C16H26N2O. The Balaban J connectivity index is 1.82. The lowest BCUT2D eigenvalue weighted by Crippen LogP contribution is -2.37. The van der Waals surface area contributed by atoms with E-state index in [-0.39, 0.29) is 6.10 Å². The minimum atomic E-state index is 0.225. The predicted molar refractivity (Wildman–Crippen MR) is 79.3 cm³/mol. The topological polar surface area (TPSA) is 47.3 Å². The fourth-order valence-corrected chi connectivity index (χ4v) is 2.59. The van der Waals surface area contributed by atoms with Crippen molar-refractivity contribution in [2.75, 3.05) is 0 Å². The van der Waals surface area contributed by atoms with Gasteiger partial charge in [0.15, 0.2) is 0 Å². The zero-order valence-corrected chi connectivity index (χ0v) is 12.1. The minimum absolute atomic E-state index is 0.225. The summed E-state index contributed by atoms with van der Waals surface area (Å²) in [7, 11) is 0. The van der Waals surface area contributed by atoms with Crippen LogP contribution in [0.1, 0.15) is 45.1 Å². The van der Waals surface area contributed by atoms with Gasteiger partial charge in [-0.15, -0.1) is 0 Å². The standard InChI is InChI=1S/C16H26N2O/c1-12(2)19-16-5-3-4-13(10-16)11-18-15-8-6-14(17)7-9-15/h3-5,10,12,14-15,18H,6-9,11,17H2,1-2H3. The Hall–Kier alpha value is -1.06. The van der Waals surface area contributed by atoms with Gasteiger partial charge in [-0.25, -0.2) is 0 Å². The summed E-state index contributed by atoms with van der Waals surface area (Å²) in [5.74, 6) is 0.958. The highest BCUT2D eigenvalue weighted by Gasteiger charge is 2.17. The average Bonchev–Trinajstić information content (AvgIpc) is 2.38. The van der Waals surface area contributed by atoms with Crippen molar-refractivity contribution in [2.45, 2.75) is 64.3 Å². The smallest absolute Gasteiger partial charge is 0.120 e. The van der Waals surface area contributed by atoms with Crippen LogP contribution >= 0.6 is 0 Å². The van der Waals surface area contributed by atoms with Gasteiger partial charge in [0.25, 0.3) is 0 Å². The number of hydrogen-bond acceptors (Lipinski definition) is 3. The van der Waals surface area contributed by atoms with Gasteiger partial charge >= 0.3 is 0 Å². The minimum Gasteiger partial charge on any atom is -0.491 e. The van der Waals surface area contributed by atoms with Crippen LogP contribution in [0.25, 0.3) is 0 Å². The lowest BCUT2D eigenvalue weighted by atomic mass is 9.92. The Bertz CT molecular complexity index is 384. The van der Waals surface area contributed by atoms with Gasteiger partial charge in [-0.1, -0.05) is 12.1 Å². The summed E-state index contributed by atoms with van der Waals surface area (Å²) in [6.45, 7) is 5.02. The molecule has 1 aliphatic carbocycles. The number of nitrogens with one attached hydrogen (secondary N) is 1. The number of benzene rings is 1. The Morgan fingerprint density at radius 3 is 2.68 bits per heavy atom. The fraction of sp³-hybridized carbons (Fsp3) is 0.625. The van der Waals surface area contributed by atoms with Crippen molar-refractivity contribution in [3.8, 4) is 5.75 Å². The quantitative estimate of drug-likeness (QED) is 0.858. The molecule has 3 N–H and O–H groups in total. The SMILES string of the molecule is CC(C)Oc1cccc(CNC2CCC(N)CC2)c1. The molecule has 0 unspecified atom stereocenters. The van der Waals surface area contributed by atoms with E-state index < -0.39 is 0 Å². The third-order valence-corrected chi connectivity index (χ3v) is 3.64. The molecule has 0 aromatic heterocycles. The Morgan fingerprint density at radius 1 is 1.26 bits per heavy atom. The molecule has 1 aromatic carbocycles. The molecular weight excluding hydrogens is 236 g/mol. The van der Waals surface area contributed by atoms with Gasteiger partial charge in [0.1, 0.15) is 5.75 Å². The highest BCUT2D eigenvalue weighted by molar-refractivity contribution is 5.28. The Kier molecular flexibility index (Phi) is 5.23. The lowest BCUT2D eigenvalue weighted by molar-refractivity contribution is 0.242. The molecule has 2 rings (SSSR count).